The van der Waals surface area contributed by atoms with Crippen molar-refractivity contribution in [2.75, 3.05) is 25.0 Å². The number of cyclic esters (lactones) is 1. The number of carbonyl (C=O) groups is 2. The van der Waals surface area contributed by atoms with Crippen LogP contribution in [0.1, 0.15) is 32.0 Å². The van der Waals surface area contributed by atoms with E-state index in [2.05, 4.69) is 21.0 Å². The van der Waals surface area contributed by atoms with Crippen LogP contribution in [0.15, 0.2) is 53.8 Å². The molecule has 2 amide bonds. The Hall–Kier alpha value is -4.25. The second kappa shape index (κ2) is 14.5. The number of ether oxygens (including phenoxy) is 1. The molecule has 0 bridgehead atoms. The van der Waals surface area contributed by atoms with Crippen LogP contribution in [0, 0.1) is 12.7 Å². The number of halogens is 1. The molecule has 204 valence electrons. The van der Waals surface area contributed by atoms with E-state index in [0.29, 0.717) is 29.2 Å². The summed E-state index contributed by atoms with van der Waals surface area (Å²) in [7, 11) is 1.50. The Balaban J connectivity index is 0.00000121. The first-order chi connectivity index (χ1) is 18.4. The average Bonchev–Trinajstić information content (AvgIpc) is 3.47. The Morgan fingerprint density at radius 2 is 1.92 bits per heavy atom. The molecule has 11 heteroatoms. The summed E-state index contributed by atoms with van der Waals surface area (Å²) in [5.41, 5.74) is 13.2. The summed E-state index contributed by atoms with van der Waals surface area (Å²) in [6.07, 6.45) is 1.89. The maximum absolute atomic E-state index is 15.0. The van der Waals surface area contributed by atoms with Crippen molar-refractivity contribution in [3.05, 3.63) is 65.9 Å². The van der Waals surface area contributed by atoms with Crippen LogP contribution in [0.5, 0.6) is 0 Å². The molecule has 2 heterocycles. The van der Waals surface area contributed by atoms with Crippen molar-refractivity contribution in [2.45, 2.75) is 40.3 Å². The number of nitrogens with two attached hydrogens (primary N) is 2. The molecule has 5 N–H and O–H groups in total. The highest BCUT2D eigenvalue weighted by atomic mass is 19.1. The predicted octanol–water partition coefficient (Wildman–Crippen LogP) is 3.73. The van der Waals surface area contributed by atoms with Gasteiger partial charge in [-0.1, -0.05) is 38.1 Å². The lowest BCUT2D eigenvalue weighted by Crippen LogP contribution is -2.33. The molecule has 1 aromatic heterocycles. The van der Waals surface area contributed by atoms with Gasteiger partial charge in [-0.25, -0.2) is 19.2 Å². The van der Waals surface area contributed by atoms with E-state index in [0.717, 1.165) is 11.3 Å². The number of rotatable bonds is 7. The van der Waals surface area contributed by atoms with Crippen LogP contribution in [-0.2, 0) is 16.1 Å². The molecular weight excluding hydrogens is 489 g/mol. The number of aryl methyl sites for hydroxylation is 1. The first-order valence-electron chi connectivity index (χ1n) is 12.3. The van der Waals surface area contributed by atoms with Crippen LogP contribution >= 0.6 is 0 Å². The second-order valence-corrected chi connectivity index (χ2v) is 7.97. The van der Waals surface area contributed by atoms with Gasteiger partial charge in [-0.3, -0.25) is 9.69 Å². The normalized spacial score (nSPS) is 14.3. The van der Waals surface area contributed by atoms with Gasteiger partial charge in [0.05, 0.1) is 43.7 Å². The largest absolute Gasteiger partial charge is 0.442 e. The van der Waals surface area contributed by atoms with Gasteiger partial charge in [-0.2, -0.15) is 0 Å². The van der Waals surface area contributed by atoms with Crippen LogP contribution in [0.2, 0.25) is 0 Å². The van der Waals surface area contributed by atoms with Crippen LogP contribution < -0.4 is 21.7 Å². The molecule has 1 saturated heterocycles. The number of nitrogens with zero attached hydrogens (tertiary/aromatic N) is 4. The third kappa shape index (κ3) is 7.39. The van der Waals surface area contributed by atoms with Gasteiger partial charge in [-0.05, 0) is 43.3 Å². The molecule has 2 aromatic carbocycles. The first-order valence-corrected chi connectivity index (χ1v) is 12.3. The highest BCUT2D eigenvalue weighted by Gasteiger charge is 2.32. The van der Waals surface area contributed by atoms with Crippen molar-refractivity contribution in [2.24, 2.45) is 16.5 Å². The molecule has 1 aliphatic heterocycles. The Kier molecular flexibility index (Phi) is 11.4. The maximum Gasteiger partial charge on any atom is 0.414 e. The lowest BCUT2D eigenvalue weighted by molar-refractivity contribution is -0.119. The molecule has 4 rings (SSSR count). The molecule has 0 unspecified atom stereocenters. The van der Waals surface area contributed by atoms with Crippen LogP contribution in [0.3, 0.4) is 0 Å². The Morgan fingerprint density at radius 3 is 2.53 bits per heavy atom. The highest BCUT2D eigenvalue weighted by Crippen LogP contribution is 2.29. The molecule has 1 fully saturated rings. The number of aromatic nitrogens is 2. The van der Waals surface area contributed by atoms with Gasteiger partial charge in [0.2, 0.25) is 5.91 Å². The number of benzene rings is 2. The molecule has 0 radical (unpaired) electrons. The summed E-state index contributed by atoms with van der Waals surface area (Å²) in [4.78, 5) is 33.1. The SMILES string of the molecule is CC.CC(=O)NC[C@H]1CN(c2ccc(-c3ccc(Cn4cnc(C)c4/N=C\N)cc3)c(F)c2)C(=O)O1.CN. The molecular formula is C27H36FN7O3. The fourth-order valence-corrected chi connectivity index (χ4v) is 3.82. The van der Waals surface area contributed by atoms with Gasteiger partial charge in [0.25, 0.3) is 0 Å². The van der Waals surface area contributed by atoms with Crippen LogP contribution in [0.25, 0.3) is 11.1 Å². The molecule has 1 aliphatic rings. The first kappa shape index (κ1) is 30.0. The summed E-state index contributed by atoms with van der Waals surface area (Å²) in [5, 5.41) is 2.62. The van der Waals surface area contributed by atoms with E-state index in [-0.39, 0.29) is 19.0 Å². The van der Waals surface area contributed by atoms with Gasteiger partial charge < -0.3 is 26.1 Å². The van der Waals surface area contributed by atoms with Gasteiger partial charge in [0.15, 0.2) is 5.82 Å². The van der Waals surface area contributed by atoms with E-state index < -0.39 is 18.0 Å². The fraction of sp³-hybridized carbons (Fsp3) is 0.333. The number of nitrogens with one attached hydrogen (secondary N) is 1. The average molecular weight is 526 g/mol. The van der Waals surface area contributed by atoms with Crippen molar-refractivity contribution < 1.29 is 18.7 Å². The Bertz CT molecular complexity index is 1240. The van der Waals surface area contributed by atoms with E-state index in [1.807, 2.05) is 49.6 Å². The second-order valence-electron chi connectivity index (χ2n) is 7.97. The fourth-order valence-electron chi connectivity index (χ4n) is 3.82. The summed E-state index contributed by atoms with van der Waals surface area (Å²) < 4.78 is 22.1. The summed E-state index contributed by atoms with van der Waals surface area (Å²) in [6.45, 7) is 8.24. The molecule has 0 saturated carbocycles. The molecule has 0 aliphatic carbocycles. The smallest absolute Gasteiger partial charge is 0.414 e. The third-order valence-electron chi connectivity index (χ3n) is 5.52. The predicted molar refractivity (Wildman–Crippen MR) is 148 cm³/mol. The van der Waals surface area contributed by atoms with E-state index in [4.69, 9.17) is 10.5 Å². The lowest BCUT2D eigenvalue weighted by atomic mass is 10.0. The van der Waals surface area contributed by atoms with Gasteiger partial charge in [-0.15, -0.1) is 0 Å². The summed E-state index contributed by atoms with van der Waals surface area (Å²) in [5.74, 6) is 0.0293. The third-order valence-corrected chi connectivity index (χ3v) is 5.52. The number of hydrogen-bond donors (Lipinski definition) is 3. The Labute approximate surface area is 222 Å². The molecule has 3 aromatic rings. The van der Waals surface area contributed by atoms with Gasteiger partial charge in [0, 0.05) is 12.5 Å². The zero-order chi connectivity index (χ0) is 28.2. The van der Waals surface area contributed by atoms with Crippen LogP contribution in [0.4, 0.5) is 20.7 Å². The number of hydrogen-bond acceptors (Lipinski definition) is 6. The van der Waals surface area contributed by atoms with Crippen molar-refractivity contribution in [3.63, 3.8) is 0 Å². The van der Waals surface area contributed by atoms with Crippen molar-refractivity contribution in [1.82, 2.24) is 14.9 Å². The van der Waals surface area contributed by atoms with E-state index in [1.54, 1.807) is 18.5 Å². The lowest BCUT2D eigenvalue weighted by Gasteiger charge is -2.15. The minimum absolute atomic E-state index is 0.208. The number of imidazole rings is 1. The summed E-state index contributed by atoms with van der Waals surface area (Å²) in [6, 6.07) is 12.2. The van der Waals surface area contributed by atoms with Crippen molar-refractivity contribution >= 4 is 29.8 Å². The molecule has 0 spiro atoms. The number of carbonyl (C=O) groups excluding carboxylic acids is 2. The van der Waals surface area contributed by atoms with Crippen molar-refractivity contribution in [3.8, 4) is 11.1 Å². The van der Waals surface area contributed by atoms with Gasteiger partial charge in [0.1, 0.15) is 11.9 Å². The monoisotopic (exact) mass is 525 g/mol. The quantitative estimate of drug-likeness (QED) is 0.317. The van der Waals surface area contributed by atoms with Crippen molar-refractivity contribution in [1.29, 1.82) is 0 Å². The molecule has 1 atom stereocenters. The minimum Gasteiger partial charge on any atom is -0.442 e. The van der Waals surface area contributed by atoms with E-state index in [1.165, 1.54) is 31.3 Å². The minimum atomic E-state index is -0.570. The summed E-state index contributed by atoms with van der Waals surface area (Å²) >= 11 is 0. The zero-order valence-electron chi connectivity index (χ0n) is 22.4. The highest BCUT2D eigenvalue weighted by molar-refractivity contribution is 5.90. The molecule has 10 nitrogen and oxygen atoms in total. The van der Waals surface area contributed by atoms with E-state index in [9.17, 15) is 14.0 Å². The van der Waals surface area contributed by atoms with Crippen LogP contribution in [-0.4, -0.2) is 54.1 Å². The van der Waals surface area contributed by atoms with Gasteiger partial charge >= 0.3 is 6.09 Å². The number of amides is 2. The standard InChI is InChI=1S/C24H25FN6O3.C2H6.CH5N/c1-15-23(28-13-26)30(14-29-15)11-17-3-5-18(6-4-17)21-8-7-19(9-22(21)25)31-12-20(34-24(31)33)10-27-16(2)32;2*1-2/h3-9,13-14,20H,10-12H2,1-2H3,(H2,26,28)(H,27,32);1-2H3;2H2,1H3/t20-;;/m0../s1. The number of anilines is 1. The topological polar surface area (TPSA) is 141 Å². The number of aliphatic imine (C=N–C) groups is 1. The zero-order valence-corrected chi connectivity index (χ0v) is 22.4. The van der Waals surface area contributed by atoms with E-state index >= 15 is 0 Å². The Morgan fingerprint density at radius 1 is 1.24 bits per heavy atom. The maximum atomic E-state index is 15.0. The molecule has 38 heavy (non-hydrogen) atoms.